The molecule has 0 aliphatic rings. The van der Waals surface area contributed by atoms with Gasteiger partial charge in [0.25, 0.3) is 0 Å². The molecule has 0 radical (unpaired) electrons. The molecule has 1 aromatic rings. The minimum absolute atomic E-state index is 0.322. The van der Waals surface area contributed by atoms with Crippen LogP contribution in [0.3, 0.4) is 0 Å². The highest BCUT2D eigenvalue weighted by Crippen LogP contribution is 2.14. The van der Waals surface area contributed by atoms with Crippen molar-refractivity contribution in [2.24, 2.45) is 0 Å². The Balaban J connectivity index is 2.70. The Hall–Kier alpha value is -0.450. The molecule has 0 amide bonds. The minimum Gasteiger partial charge on any atom is -0.383 e. The van der Waals surface area contributed by atoms with Gasteiger partial charge in [0, 0.05) is 35.9 Å². The molecule has 1 atom stereocenters. The second kappa shape index (κ2) is 6.20. The molecule has 0 bridgehead atoms. The van der Waals surface area contributed by atoms with Crippen molar-refractivity contribution in [2.45, 2.75) is 19.4 Å². The first-order chi connectivity index (χ1) is 7.17. The molecule has 1 rings (SSSR count). The molecule has 4 heteroatoms. The van der Waals surface area contributed by atoms with E-state index in [9.17, 15) is 0 Å². The molecule has 1 aromatic heterocycles. The number of halogens is 1. The highest BCUT2D eigenvalue weighted by Gasteiger charge is 2.09. The Morgan fingerprint density at radius 2 is 2.33 bits per heavy atom. The summed E-state index contributed by atoms with van der Waals surface area (Å²) < 4.78 is 6.16. The van der Waals surface area contributed by atoms with Gasteiger partial charge < -0.3 is 10.1 Å². The van der Waals surface area contributed by atoms with Gasteiger partial charge in [-0.1, -0.05) is 0 Å². The summed E-state index contributed by atoms with van der Waals surface area (Å²) in [7, 11) is 3.66. The smallest absolute Gasteiger partial charge is 0.0619 e. The second-order valence-corrected chi connectivity index (χ2v) is 4.48. The second-order valence-electron chi connectivity index (χ2n) is 3.56. The maximum Gasteiger partial charge on any atom is 0.0619 e. The van der Waals surface area contributed by atoms with Gasteiger partial charge in [-0.05, 0) is 41.5 Å². The molecule has 0 aromatic carbocycles. The van der Waals surface area contributed by atoms with Crippen molar-refractivity contribution in [1.82, 2.24) is 10.3 Å². The zero-order valence-electron chi connectivity index (χ0n) is 9.38. The van der Waals surface area contributed by atoms with Crippen LogP contribution >= 0.6 is 15.9 Å². The topological polar surface area (TPSA) is 34.1 Å². The SMILES string of the molecule is CNC(COC)Cc1ncc(Br)cc1C. The Labute approximate surface area is 99.4 Å². The van der Waals surface area contributed by atoms with Crippen LogP contribution in [0.2, 0.25) is 0 Å². The van der Waals surface area contributed by atoms with Crippen molar-refractivity contribution >= 4 is 15.9 Å². The van der Waals surface area contributed by atoms with E-state index in [1.165, 1.54) is 5.56 Å². The van der Waals surface area contributed by atoms with E-state index < -0.39 is 0 Å². The predicted octanol–water partition coefficient (Wildman–Crippen LogP) is 1.93. The van der Waals surface area contributed by atoms with Crippen molar-refractivity contribution < 1.29 is 4.74 Å². The van der Waals surface area contributed by atoms with Crippen LogP contribution in [0.4, 0.5) is 0 Å². The standard InChI is InChI=1S/C11H17BrN2O/c1-8-4-9(12)6-14-11(8)5-10(13-2)7-15-3/h4,6,10,13H,5,7H2,1-3H3. The number of nitrogens with one attached hydrogen (secondary N) is 1. The first-order valence-electron chi connectivity index (χ1n) is 4.94. The number of pyridine rings is 1. The summed E-state index contributed by atoms with van der Waals surface area (Å²) in [5, 5.41) is 3.22. The number of hydrogen-bond acceptors (Lipinski definition) is 3. The Kier molecular flexibility index (Phi) is 5.22. The lowest BCUT2D eigenvalue weighted by molar-refractivity contribution is 0.169. The highest BCUT2D eigenvalue weighted by molar-refractivity contribution is 9.10. The summed E-state index contributed by atoms with van der Waals surface area (Å²) in [6.07, 6.45) is 2.73. The molecule has 0 fully saturated rings. The van der Waals surface area contributed by atoms with Gasteiger partial charge in [0.15, 0.2) is 0 Å². The lowest BCUT2D eigenvalue weighted by atomic mass is 10.1. The number of methoxy groups -OCH3 is 1. The Bertz CT molecular complexity index is 317. The van der Waals surface area contributed by atoms with Gasteiger partial charge in [-0.2, -0.15) is 0 Å². The first-order valence-corrected chi connectivity index (χ1v) is 5.74. The monoisotopic (exact) mass is 272 g/mol. The molecule has 15 heavy (non-hydrogen) atoms. The fourth-order valence-electron chi connectivity index (χ4n) is 1.46. The average molecular weight is 273 g/mol. The maximum absolute atomic E-state index is 5.13. The van der Waals surface area contributed by atoms with Crippen molar-refractivity contribution in [1.29, 1.82) is 0 Å². The van der Waals surface area contributed by atoms with Gasteiger partial charge in [0.2, 0.25) is 0 Å². The van der Waals surface area contributed by atoms with E-state index in [-0.39, 0.29) is 0 Å². The van der Waals surface area contributed by atoms with Crippen molar-refractivity contribution in [3.8, 4) is 0 Å². The fraction of sp³-hybridized carbons (Fsp3) is 0.545. The van der Waals surface area contributed by atoms with Crippen LogP contribution in [-0.4, -0.2) is 31.8 Å². The Morgan fingerprint density at radius 1 is 1.60 bits per heavy atom. The molecule has 1 unspecified atom stereocenters. The number of nitrogens with zero attached hydrogens (tertiary/aromatic N) is 1. The van der Waals surface area contributed by atoms with Crippen molar-refractivity contribution in [3.63, 3.8) is 0 Å². The average Bonchev–Trinajstić information content (AvgIpc) is 2.21. The molecular weight excluding hydrogens is 256 g/mol. The summed E-state index contributed by atoms with van der Waals surface area (Å²) in [6, 6.07) is 2.41. The third kappa shape index (κ3) is 3.89. The van der Waals surface area contributed by atoms with Crippen LogP contribution in [0.15, 0.2) is 16.7 Å². The molecule has 0 saturated heterocycles. The van der Waals surface area contributed by atoms with Crippen LogP contribution in [0.5, 0.6) is 0 Å². The Morgan fingerprint density at radius 3 is 2.87 bits per heavy atom. The van der Waals surface area contributed by atoms with E-state index >= 15 is 0 Å². The van der Waals surface area contributed by atoms with E-state index in [0.717, 1.165) is 16.6 Å². The first kappa shape index (κ1) is 12.6. The summed E-state index contributed by atoms with van der Waals surface area (Å²) in [4.78, 5) is 4.41. The zero-order valence-corrected chi connectivity index (χ0v) is 11.0. The van der Waals surface area contributed by atoms with Gasteiger partial charge in [-0.3, -0.25) is 4.98 Å². The third-order valence-corrected chi connectivity index (χ3v) is 2.80. The quantitative estimate of drug-likeness (QED) is 0.890. The lowest BCUT2D eigenvalue weighted by Crippen LogP contribution is -2.32. The number of aromatic nitrogens is 1. The summed E-state index contributed by atoms with van der Waals surface area (Å²) in [5.41, 5.74) is 2.33. The number of rotatable bonds is 5. The van der Waals surface area contributed by atoms with Gasteiger partial charge in [-0.25, -0.2) is 0 Å². The van der Waals surface area contributed by atoms with E-state index in [1.54, 1.807) is 7.11 Å². The van der Waals surface area contributed by atoms with Crippen LogP contribution in [0, 0.1) is 6.92 Å². The molecule has 1 heterocycles. The normalized spacial score (nSPS) is 12.8. The molecule has 3 nitrogen and oxygen atoms in total. The zero-order chi connectivity index (χ0) is 11.3. The fourth-order valence-corrected chi connectivity index (χ4v) is 1.91. The van der Waals surface area contributed by atoms with Gasteiger partial charge in [0.05, 0.1) is 6.61 Å². The summed E-state index contributed by atoms with van der Waals surface area (Å²) in [6.45, 7) is 2.78. The van der Waals surface area contributed by atoms with Gasteiger partial charge in [-0.15, -0.1) is 0 Å². The maximum atomic E-state index is 5.13. The number of aryl methyl sites for hydroxylation is 1. The minimum atomic E-state index is 0.322. The van der Waals surface area contributed by atoms with E-state index in [0.29, 0.717) is 12.6 Å². The third-order valence-electron chi connectivity index (χ3n) is 2.37. The molecular formula is C11H17BrN2O. The molecule has 0 spiro atoms. The predicted molar refractivity (Wildman–Crippen MR) is 65.1 cm³/mol. The van der Waals surface area contributed by atoms with Crippen LogP contribution in [-0.2, 0) is 11.2 Å². The lowest BCUT2D eigenvalue weighted by Gasteiger charge is -2.15. The number of hydrogen-bond donors (Lipinski definition) is 1. The van der Waals surface area contributed by atoms with Crippen LogP contribution in [0.25, 0.3) is 0 Å². The summed E-state index contributed by atoms with van der Waals surface area (Å²) >= 11 is 3.41. The number of likely N-dealkylation sites (N-methyl/N-ethyl adjacent to an activating group) is 1. The van der Waals surface area contributed by atoms with Gasteiger partial charge >= 0.3 is 0 Å². The molecule has 0 aliphatic carbocycles. The van der Waals surface area contributed by atoms with Crippen LogP contribution in [0.1, 0.15) is 11.3 Å². The van der Waals surface area contributed by atoms with Crippen molar-refractivity contribution in [3.05, 3.63) is 28.0 Å². The van der Waals surface area contributed by atoms with Crippen LogP contribution < -0.4 is 5.32 Å². The van der Waals surface area contributed by atoms with Crippen molar-refractivity contribution in [2.75, 3.05) is 20.8 Å². The number of ether oxygens (including phenoxy) is 1. The van der Waals surface area contributed by atoms with E-state index in [4.69, 9.17) is 4.74 Å². The largest absolute Gasteiger partial charge is 0.383 e. The van der Waals surface area contributed by atoms with E-state index in [1.807, 2.05) is 13.2 Å². The van der Waals surface area contributed by atoms with E-state index in [2.05, 4.69) is 39.2 Å². The molecule has 84 valence electrons. The summed E-state index contributed by atoms with van der Waals surface area (Å²) in [5.74, 6) is 0. The molecule has 0 saturated carbocycles. The van der Waals surface area contributed by atoms with Gasteiger partial charge in [0.1, 0.15) is 0 Å². The molecule has 1 N–H and O–H groups in total. The highest BCUT2D eigenvalue weighted by atomic mass is 79.9. The molecule has 0 aliphatic heterocycles.